The molecule has 0 aliphatic carbocycles. The average Bonchev–Trinajstić information content (AvgIpc) is 3.28. The SMILES string of the molecule is Clc1ccc(CNC2CSC(CCCCC(c3ccccc3)c3ccccc3)=N2)cc1. The van der Waals surface area contributed by atoms with E-state index in [0.717, 1.165) is 23.7 Å². The van der Waals surface area contributed by atoms with Crippen LogP contribution >= 0.6 is 23.4 Å². The lowest BCUT2D eigenvalue weighted by Gasteiger charge is -2.18. The monoisotopic (exact) mass is 448 g/mol. The molecule has 2 nitrogen and oxygen atoms in total. The summed E-state index contributed by atoms with van der Waals surface area (Å²) in [7, 11) is 0. The molecule has 0 saturated carbocycles. The first kappa shape index (κ1) is 22.1. The van der Waals surface area contributed by atoms with E-state index in [0.29, 0.717) is 5.92 Å². The van der Waals surface area contributed by atoms with Crippen molar-refractivity contribution in [3.63, 3.8) is 0 Å². The van der Waals surface area contributed by atoms with Crippen molar-refractivity contribution >= 4 is 28.4 Å². The molecule has 0 spiro atoms. The van der Waals surface area contributed by atoms with E-state index >= 15 is 0 Å². The normalized spacial score (nSPS) is 15.9. The zero-order valence-corrected chi connectivity index (χ0v) is 19.3. The van der Waals surface area contributed by atoms with Gasteiger partial charge >= 0.3 is 0 Å². The molecular weight excluding hydrogens is 420 g/mol. The zero-order chi connectivity index (χ0) is 21.3. The van der Waals surface area contributed by atoms with E-state index in [-0.39, 0.29) is 6.17 Å². The second-order valence-corrected chi connectivity index (χ2v) is 9.51. The van der Waals surface area contributed by atoms with Crippen LogP contribution in [0.5, 0.6) is 0 Å². The summed E-state index contributed by atoms with van der Waals surface area (Å²) in [5.74, 6) is 1.49. The van der Waals surface area contributed by atoms with Gasteiger partial charge in [-0.15, -0.1) is 11.8 Å². The lowest BCUT2D eigenvalue weighted by molar-refractivity contribution is 0.580. The van der Waals surface area contributed by atoms with Crippen molar-refractivity contribution in [1.29, 1.82) is 0 Å². The minimum absolute atomic E-state index is 0.220. The summed E-state index contributed by atoms with van der Waals surface area (Å²) in [6, 6.07) is 29.8. The van der Waals surface area contributed by atoms with Gasteiger partial charge in [0.1, 0.15) is 6.17 Å². The Morgan fingerprint density at radius 2 is 1.52 bits per heavy atom. The number of benzene rings is 3. The number of unbranched alkanes of at least 4 members (excludes halogenated alkanes) is 1. The van der Waals surface area contributed by atoms with Crippen molar-refractivity contribution in [1.82, 2.24) is 5.32 Å². The van der Waals surface area contributed by atoms with Gasteiger partial charge in [0.25, 0.3) is 0 Å². The number of thioether (sulfide) groups is 1. The average molecular weight is 449 g/mol. The standard InChI is InChI=1S/C27H29ClN2S/c28-24-17-15-21(16-18-24)19-29-26-20-31-27(30-26)14-8-7-13-25(22-9-3-1-4-10-22)23-11-5-2-6-12-23/h1-6,9-12,15-18,25-26,29H,7-8,13-14,19-20H2. The van der Waals surface area contributed by atoms with Gasteiger partial charge in [0, 0.05) is 23.2 Å². The molecule has 0 aromatic heterocycles. The van der Waals surface area contributed by atoms with Gasteiger partial charge in [-0.1, -0.05) is 90.8 Å². The van der Waals surface area contributed by atoms with Gasteiger partial charge in [-0.2, -0.15) is 0 Å². The van der Waals surface area contributed by atoms with Crippen molar-refractivity contribution in [2.75, 3.05) is 5.75 Å². The highest BCUT2D eigenvalue weighted by Gasteiger charge is 2.18. The Labute approximate surface area is 195 Å². The second-order valence-electron chi connectivity index (χ2n) is 7.98. The summed E-state index contributed by atoms with van der Waals surface area (Å²) in [6.07, 6.45) is 4.87. The number of nitrogens with zero attached hydrogens (tertiary/aromatic N) is 1. The molecule has 4 rings (SSSR count). The van der Waals surface area contributed by atoms with Crippen LogP contribution in [0.1, 0.15) is 48.3 Å². The van der Waals surface area contributed by atoms with Crippen LogP contribution in [0.3, 0.4) is 0 Å². The van der Waals surface area contributed by atoms with Gasteiger partial charge in [0.05, 0.1) is 5.04 Å². The molecule has 1 aliphatic rings. The predicted molar refractivity (Wildman–Crippen MR) is 135 cm³/mol. The number of aliphatic imine (C=N–C) groups is 1. The fourth-order valence-electron chi connectivity index (χ4n) is 4.02. The Bertz CT molecular complexity index is 918. The van der Waals surface area contributed by atoms with Crippen LogP contribution in [0.25, 0.3) is 0 Å². The molecule has 31 heavy (non-hydrogen) atoms. The van der Waals surface area contributed by atoms with Gasteiger partial charge in [0.15, 0.2) is 0 Å². The Hall–Kier alpha value is -2.07. The Morgan fingerprint density at radius 1 is 0.871 bits per heavy atom. The zero-order valence-electron chi connectivity index (χ0n) is 17.7. The lowest BCUT2D eigenvalue weighted by atomic mass is 9.87. The van der Waals surface area contributed by atoms with Crippen LogP contribution in [0.15, 0.2) is 89.9 Å². The van der Waals surface area contributed by atoms with Crippen molar-refractivity contribution in [2.24, 2.45) is 4.99 Å². The van der Waals surface area contributed by atoms with E-state index in [1.165, 1.54) is 41.0 Å². The first-order valence-corrected chi connectivity index (χ1v) is 12.4. The number of nitrogens with one attached hydrogen (secondary N) is 1. The maximum absolute atomic E-state index is 5.96. The number of rotatable bonds is 10. The molecule has 1 aliphatic heterocycles. The van der Waals surface area contributed by atoms with E-state index in [1.807, 2.05) is 23.9 Å². The molecular formula is C27H29ClN2S. The predicted octanol–water partition coefficient (Wildman–Crippen LogP) is 7.29. The fourth-order valence-corrected chi connectivity index (χ4v) is 5.18. The molecule has 1 atom stereocenters. The highest BCUT2D eigenvalue weighted by Crippen LogP contribution is 2.30. The van der Waals surface area contributed by atoms with Crippen molar-refractivity contribution in [3.8, 4) is 0 Å². The number of hydrogen-bond donors (Lipinski definition) is 1. The molecule has 160 valence electrons. The van der Waals surface area contributed by atoms with Crippen molar-refractivity contribution in [2.45, 2.75) is 44.3 Å². The first-order chi connectivity index (χ1) is 15.3. The Balaban J connectivity index is 1.24. The number of halogens is 1. The van der Waals surface area contributed by atoms with Crippen molar-refractivity contribution in [3.05, 3.63) is 107 Å². The Morgan fingerprint density at radius 3 is 2.16 bits per heavy atom. The van der Waals surface area contributed by atoms with Crippen molar-refractivity contribution < 1.29 is 0 Å². The Kier molecular flexibility index (Phi) is 8.23. The van der Waals surface area contributed by atoms with Gasteiger partial charge in [0.2, 0.25) is 0 Å². The van der Waals surface area contributed by atoms with Gasteiger partial charge in [-0.05, 0) is 48.1 Å². The highest BCUT2D eigenvalue weighted by atomic mass is 35.5. The van der Waals surface area contributed by atoms with Crippen LogP contribution < -0.4 is 5.32 Å². The third-order valence-corrected chi connectivity index (χ3v) is 7.08. The van der Waals surface area contributed by atoms with Crippen LogP contribution in [0, 0.1) is 0 Å². The van der Waals surface area contributed by atoms with Crippen LogP contribution in [-0.4, -0.2) is 17.0 Å². The smallest absolute Gasteiger partial charge is 0.110 e. The third kappa shape index (κ3) is 6.70. The third-order valence-electron chi connectivity index (χ3n) is 5.70. The van der Waals surface area contributed by atoms with E-state index in [1.54, 1.807) is 0 Å². The van der Waals surface area contributed by atoms with Gasteiger partial charge < -0.3 is 0 Å². The summed E-state index contributed by atoms with van der Waals surface area (Å²) in [5.41, 5.74) is 4.06. The van der Waals surface area contributed by atoms with Crippen LogP contribution in [0.2, 0.25) is 5.02 Å². The summed E-state index contributed by atoms with van der Waals surface area (Å²) in [6.45, 7) is 0.828. The van der Waals surface area contributed by atoms with Gasteiger partial charge in [-0.3, -0.25) is 10.3 Å². The molecule has 1 unspecified atom stereocenters. The lowest BCUT2D eigenvalue weighted by Crippen LogP contribution is -2.26. The quantitative estimate of drug-likeness (QED) is 0.329. The second kappa shape index (κ2) is 11.5. The summed E-state index contributed by atoms with van der Waals surface area (Å²) in [5, 5.41) is 5.62. The maximum atomic E-state index is 5.96. The highest BCUT2D eigenvalue weighted by molar-refractivity contribution is 8.14. The molecule has 1 heterocycles. The fraction of sp³-hybridized carbons (Fsp3) is 0.296. The van der Waals surface area contributed by atoms with E-state index in [2.05, 4.69) is 78.1 Å². The van der Waals surface area contributed by atoms with E-state index < -0.39 is 0 Å². The first-order valence-electron chi connectivity index (χ1n) is 11.0. The molecule has 0 amide bonds. The molecule has 3 aromatic carbocycles. The van der Waals surface area contributed by atoms with E-state index in [4.69, 9.17) is 16.6 Å². The number of hydrogen-bond acceptors (Lipinski definition) is 3. The molecule has 0 saturated heterocycles. The largest absolute Gasteiger partial charge is 0.291 e. The molecule has 1 N–H and O–H groups in total. The van der Waals surface area contributed by atoms with Crippen LogP contribution in [0.4, 0.5) is 0 Å². The molecule has 0 bridgehead atoms. The molecule has 0 radical (unpaired) electrons. The topological polar surface area (TPSA) is 24.4 Å². The summed E-state index contributed by atoms with van der Waals surface area (Å²) in [4.78, 5) is 4.90. The summed E-state index contributed by atoms with van der Waals surface area (Å²) < 4.78 is 0. The molecule has 4 heteroatoms. The maximum Gasteiger partial charge on any atom is 0.110 e. The minimum Gasteiger partial charge on any atom is -0.291 e. The molecule has 0 fully saturated rings. The molecule has 3 aromatic rings. The van der Waals surface area contributed by atoms with E-state index in [9.17, 15) is 0 Å². The summed E-state index contributed by atoms with van der Waals surface area (Å²) >= 11 is 7.87. The van der Waals surface area contributed by atoms with Crippen LogP contribution in [-0.2, 0) is 6.54 Å². The van der Waals surface area contributed by atoms with Gasteiger partial charge in [-0.25, -0.2) is 0 Å². The minimum atomic E-state index is 0.220.